The Morgan fingerprint density at radius 1 is 1.89 bits per heavy atom. The van der Waals surface area contributed by atoms with Crippen molar-refractivity contribution in [2.75, 3.05) is 0 Å². The van der Waals surface area contributed by atoms with Crippen molar-refractivity contribution < 1.29 is 0 Å². The van der Waals surface area contributed by atoms with Crippen LogP contribution in [0.25, 0.3) is 0 Å². The number of aromatic amines is 1. The van der Waals surface area contributed by atoms with E-state index in [1.165, 1.54) is 0 Å². The Morgan fingerprint density at radius 3 is 3.11 bits per heavy atom. The minimum absolute atomic E-state index is 0.387. The number of H-pyrrole nitrogens is 1. The molecule has 1 aromatic heterocycles. The molecule has 0 amide bonds. The summed E-state index contributed by atoms with van der Waals surface area (Å²) in [6.45, 7) is 0. The van der Waals surface area contributed by atoms with Gasteiger partial charge in [-0.2, -0.15) is 10.4 Å². The number of halogens is 1. The van der Waals surface area contributed by atoms with Crippen molar-refractivity contribution >= 4 is 15.9 Å². The number of rotatable bonds is 1. The Morgan fingerprint density at radius 2 is 2.67 bits per heavy atom. The van der Waals surface area contributed by atoms with Crippen molar-refractivity contribution in [3.05, 3.63) is 16.4 Å². The maximum absolute atomic E-state index is 8.22. The smallest absolute Gasteiger partial charge is 0.128 e. The van der Waals surface area contributed by atoms with Gasteiger partial charge >= 0.3 is 0 Å². The van der Waals surface area contributed by atoms with E-state index in [9.17, 15) is 0 Å². The van der Waals surface area contributed by atoms with Gasteiger partial charge < -0.3 is 0 Å². The van der Waals surface area contributed by atoms with Gasteiger partial charge in [-0.15, -0.1) is 0 Å². The normalized spacial score (nSPS) is 8.89. The fourth-order valence-corrected chi connectivity index (χ4v) is 0.874. The van der Waals surface area contributed by atoms with E-state index in [2.05, 4.69) is 26.1 Å². The van der Waals surface area contributed by atoms with E-state index in [1.807, 2.05) is 6.07 Å². The van der Waals surface area contributed by atoms with E-state index in [1.54, 1.807) is 6.07 Å². The Hall–Kier alpha value is -0.820. The van der Waals surface area contributed by atoms with Crippen molar-refractivity contribution in [2.45, 2.75) is 6.42 Å². The molecule has 0 fully saturated rings. The molecule has 4 heteroatoms. The molecule has 1 rings (SSSR count). The standard InChI is InChI=1S/C5H4BrN3/c6-5-3-4(1-2-7)8-9-5/h3H,1H2,(H,8,9). The predicted octanol–water partition coefficient (Wildman–Crippen LogP) is 1.24. The molecule has 0 saturated carbocycles. The van der Waals surface area contributed by atoms with E-state index in [4.69, 9.17) is 5.26 Å². The lowest BCUT2D eigenvalue weighted by Crippen LogP contribution is -1.78. The zero-order chi connectivity index (χ0) is 6.69. The molecule has 0 aliphatic carbocycles. The van der Waals surface area contributed by atoms with Gasteiger partial charge in [0, 0.05) is 0 Å². The van der Waals surface area contributed by atoms with E-state index < -0.39 is 0 Å². The molecule has 1 heterocycles. The molecule has 0 bridgehead atoms. The van der Waals surface area contributed by atoms with Crippen LogP contribution in [0.4, 0.5) is 0 Å². The number of hydrogen-bond donors (Lipinski definition) is 1. The van der Waals surface area contributed by atoms with Crippen LogP contribution in [0.3, 0.4) is 0 Å². The molecule has 0 atom stereocenters. The molecule has 0 aromatic carbocycles. The number of hydrogen-bond acceptors (Lipinski definition) is 2. The lowest BCUT2D eigenvalue weighted by atomic mass is 10.3. The first-order chi connectivity index (χ1) is 4.33. The SMILES string of the molecule is N#CCc1cc(Br)n[nH]1. The summed E-state index contributed by atoms with van der Waals surface area (Å²) in [6, 6.07) is 3.79. The second kappa shape index (κ2) is 2.65. The zero-order valence-corrected chi connectivity index (χ0v) is 6.14. The highest BCUT2D eigenvalue weighted by Crippen LogP contribution is 2.05. The Bertz CT molecular complexity index is 235. The lowest BCUT2D eigenvalue weighted by molar-refractivity contribution is 1.00. The van der Waals surface area contributed by atoms with Crippen molar-refractivity contribution in [3.63, 3.8) is 0 Å². The molecular formula is C5H4BrN3. The van der Waals surface area contributed by atoms with Gasteiger partial charge in [-0.3, -0.25) is 5.10 Å². The van der Waals surface area contributed by atoms with Crippen LogP contribution < -0.4 is 0 Å². The van der Waals surface area contributed by atoms with Crippen LogP contribution in [0.1, 0.15) is 5.69 Å². The van der Waals surface area contributed by atoms with Crippen LogP contribution in [-0.4, -0.2) is 10.2 Å². The number of nitrogens with zero attached hydrogens (tertiary/aromatic N) is 2. The first-order valence-electron chi connectivity index (χ1n) is 2.39. The first kappa shape index (κ1) is 6.30. The highest BCUT2D eigenvalue weighted by molar-refractivity contribution is 9.10. The summed E-state index contributed by atoms with van der Waals surface area (Å²) in [4.78, 5) is 0. The predicted molar refractivity (Wildman–Crippen MR) is 35.6 cm³/mol. The van der Waals surface area contributed by atoms with E-state index in [0.29, 0.717) is 6.42 Å². The molecule has 46 valence electrons. The maximum atomic E-state index is 8.22. The van der Waals surface area contributed by atoms with Gasteiger partial charge in [-0.05, 0) is 22.0 Å². The molecule has 0 unspecified atom stereocenters. The molecule has 0 aliphatic heterocycles. The molecule has 0 saturated heterocycles. The van der Waals surface area contributed by atoms with Gasteiger partial charge in [0.15, 0.2) is 0 Å². The minimum atomic E-state index is 0.387. The molecule has 3 nitrogen and oxygen atoms in total. The summed E-state index contributed by atoms with van der Waals surface area (Å²) in [5.41, 5.74) is 0.837. The summed E-state index contributed by atoms with van der Waals surface area (Å²) >= 11 is 3.15. The second-order valence-electron chi connectivity index (χ2n) is 1.55. The van der Waals surface area contributed by atoms with Crippen molar-refractivity contribution in [3.8, 4) is 6.07 Å². The van der Waals surface area contributed by atoms with Crippen LogP contribution in [0, 0.1) is 11.3 Å². The van der Waals surface area contributed by atoms with E-state index >= 15 is 0 Å². The maximum Gasteiger partial charge on any atom is 0.128 e. The van der Waals surface area contributed by atoms with Gasteiger partial charge in [0.1, 0.15) is 4.60 Å². The van der Waals surface area contributed by atoms with Gasteiger partial charge in [-0.25, -0.2) is 0 Å². The third kappa shape index (κ3) is 1.54. The fourth-order valence-electron chi connectivity index (χ4n) is 0.509. The summed E-state index contributed by atoms with van der Waals surface area (Å²) < 4.78 is 0.743. The fraction of sp³-hybridized carbons (Fsp3) is 0.200. The van der Waals surface area contributed by atoms with Gasteiger partial charge in [0.25, 0.3) is 0 Å². The quantitative estimate of drug-likeness (QED) is 0.717. The number of nitriles is 1. The highest BCUT2D eigenvalue weighted by Gasteiger charge is 1.94. The average molecular weight is 186 g/mol. The highest BCUT2D eigenvalue weighted by atomic mass is 79.9. The molecular weight excluding hydrogens is 182 g/mol. The van der Waals surface area contributed by atoms with Gasteiger partial charge in [0.2, 0.25) is 0 Å². The minimum Gasteiger partial charge on any atom is -0.280 e. The second-order valence-corrected chi connectivity index (χ2v) is 2.36. The topological polar surface area (TPSA) is 52.5 Å². The van der Waals surface area contributed by atoms with Crippen molar-refractivity contribution in [1.82, 2.24) is 10.2 Å². The van der Waals surface area contributed by atoms with Crippen LogP contribution in [0.5, 0.6) is 0 Å². The zero-order valence-electron chi connectivity index (χ0n) is 4.56. The van der Waals surface area contributed by atoms with Crippen LogP contribution >= 0.6 is 15.9 Å². The summed E-state index contributed by atoms with van der Waals surface area (Å²) in [5, 5.41) is 14.7. The third-order valence-electron chi connectivity index (χ3n) is 0.869. The summed E-state index contributed by atoms with van der Waals surface area (Å²) in [6.07, 6.45) is 0.387. The van der Waals surface area contributed by atoms with E-state index in [0.717, 1.165) is 10.3 Å². The van der Waals surface area contributed by atoms with Gasteiger partial charge in [0.05, 0.1) is 18.2 Å². The molecule has 9 heavy (non-hydrogen) atoms. The lowest BCUT2D eigenvalue weighted by Gasteiger charge is -1.77. The van der Waals surface area contributed by atoms with Crippen LogP contribution in [0.15, 0.2) is 10.7 Å². The summed E-state index contributed by atoms with van der Waals surface area (Å²) in [5.74, 6) is 0. The molecule has 0 spiro atoms. The Kier molecular flexibility index (Phi) is 1.85. The number of aromatic nitrogens is 2. The molecule has 1 aromatic rings. The third-order valence-corrected chi connectivity index (χ3v) is 1.28. The van der Waals surface area contributed by atoms with Crippen molar-refractivity contribution in [2.24, 2.45) is 0 Å². The van der Waals surface area contributed by atoms with Crippen LogP contribution in [0.2, 0.25) is 0 Å². The monoisotopic (exact) mass is 185 g/mol. The Labute approximate surface area is 60.8 Å². The van der Waals surface area contributed by atoms with E-state index in [-0.39, 0.29) is 0 Å². The average Bonchev–Trinajstić information content (AvgIpc) is 2.17. The van der Waals surface area contributed by atoms with Crippen molar-refractivity contribution in [1.29, 1.82) is 5.26 Å². The van der Waals surface area contributed by atoms with Gasteiger partial charge in [-0.1, -0.05) is 0 Å². The summed E-state index contributed by atoms with van der Waals surface area (Å²) in [7, 11) is 0. The largest absolute Gasteiger partial charge is 0.280 e. The molecule has 0 radical (unpaired) electrons. The molecule has 0 aliphatic rings. The Balaban J connectivity index is 2.76. The molecule has 1 N–H and O–H groups in total. The van der Waals surface area contributed by atoms with Crippen LogP contribution in [-0.2, 0) is 6.42 Å². The number of nitrogens with one attached hydrogen (secondary N) is 1. The first-order valence-corrected chi connectivity index (χ1v) is 3.19.